The number of carbonyl (C=O) groups is 1. The fourth-order valence-corrected chi connectivity index (χ4v) is 4.10. The third-order valence-electron chi connectivity index (χ3n) is 4.35. The van der Waals surface area contributed by atoms with Gasteiger partial charge in [-0.25, -0.2) is 8.42 Å². The first-order valence-corrected chi connectivity index (χ1v) is 10.5. The third kappa shape index (κ3) is 5.16. The van der Waals surface area contributed by atoms with E-state index in [9.17, 15) is 13.2 Å². The maximum Gasteiger partial charge on any atom is 0.246 e. The highest BCUT2D eigenvalue weighted by atomic mass is 32.2. The quantitative estimate of drug-likeness (QED) is 0.673. The zero-order valence-electron chi connectivity index (χ0n) is 16.7. The molecule has 0 saturated heterocycles. The summed E-state index contributed by atoms with van der Waals surface area (Å²) in [5, 5.41) is 0. The normalized spacial score (nSPS) is 12.2. The number of nitrogens with zero attached hydrogens (tertiary/aromatic N) is 2. The summed E-state index contributed by atoms with van der Waals surface area (Å²) in [4.78, 5) is 14.4. The summed E-state index contributed by atoms with van der Waals surface area (Å²) < 4.78 is 36.2. The molecule has 0 bridgehead atoms. The van der Waals surface area contributed by atoms with Gasteiger partial charge in [-0.2, -0.15) is 0 Å². The van der Waals surface area contributed by atoms with Gasteiger partial charge < -0.3 is 14.4 Å². The minimum absolute atomic E-state index is 0.308. The van der Waals surface area contributed by atoms with E-state index in [4.69, 9.17) is 9.47 Å². The van der Waals surface area contributed by atoms with Crippen LogP contribution >= 0.6 is 0 Å². The SMILES string of the molecule is COc1ccc(CN(C)C(=O)[C@H](C)N(c2ccc(OC)cc2)S(C)(=O)=O)cc1. The Morgan fingerprint density at radius 1 is 0.964 bits per heavy atom. The van der Waals surface area contributed by atoms with Crippen LogP contribution in [-0.2, 0) is 21.4 Å². The molecule has 2 aromatic carbocycles. The minimum atomic E-state index is -3.67. The molecule has 0 aliphatic heterocycles. The molecule has 152 valence electrons. The number of amides is 1. The van der Waals surface area contributed by atoms with E-state index >= 15 is 0 Å². The van der Waals surface area contributed by atoms with Crippen molar-refractivity contribution in [2.24, 2.45) is 0 Å². The predicted molar refractivity (Wildman–Crippen MR) is 109 cm³/mol. The number of likely N-dealkylation sites (N-methyl/N-ethyl adjacent to an activating group) is 1. The van der Waals surface area contributed by atoms with Crippen LogP contribution < -0.4 is 13.8 Å². The van der Waals surface area contributed by atoms with Crippen LogP contribution in [0.4, 0.5) is 5.69 Å². The summed E-state index contributed by atoms with van der Waals surface area (Å²) >= 11 is 0. The number of rotatable bonds is 8. The van der Waals surface area contributed by atoms with Gasteiger partial charge in [-0.3, -0.25) is 9.10 Å². The summed E-state index contributed by atoms with van der Waals surface area (Å²) in [6.45, 7) is 1.94. The summed E-state index contributed by atoms with van der Waals surface area (Å²) in [6.07, 6.45) is 1.09. The molecule has 0 unspecified atom stereocenters. The fourth-order valence-electron chi connectivity index (χ4n) is 2.93. The van der Waals surface area contributed by atoms with Crippen molar-refractivity contribution in [3.8, 4) is 11.5 Å². The highest BCUT2D eigenvalue weighted by Crippen LogP contribution is 2.24. The molecular formula is C20H26N2O5S. The van der Waals surface area contributed by atoms with E-state index in [2.05, 4.69) is 0 Å². The van der Waals surface area contributed by atoms with Crippen LogP contribution in [0.3, 0.4) is 0 Å². The third-order valence-corrected chi connectivity index (χ3v) is 5.59. The molecule has 0 aromatic heterocycles. The van der Waals surface area contributed by atoms with E-state index in [1.54, 1.807) is 45.3 Å². The van der Waals surface area contributed by atoms with Crippen molar-refractivity contribution in [3.63, 3.8) is 0 Å². The molecule has 7 nitrogen and oxygen atoms in total. The maximum atomic E-state index is 12.9. The van der Waals surface area contributed by atoms with Gasteiger partial charge in [0.1, 0.15) is 17.5 Å². The van der Waals surface area contributed by atoms with Crippen molar-refractivity contribution < 1.29 is 22.7 Å². The molecule has 0 aliphatic carbocycles. The standard InChI is InChI=1S/C20H26N2O5S/c1-15(20(23)21(2)14-16-6-10-18(26-3)11-7-16)22(28(5,24)25)17-8-12-19(27-4)13-9-17/h6-13,15H,14H2,1-5H3/t15-/m0/s1. The first-order chi connectivity index (χ1) is 13.2. The van der Waals surface area contributed by atoms with Crippen LogP contribution in [0.5, 0.6) is 11.5 Å². The van der Waals surface area contributed by atoms with Gasteiger partial charge in [0.15, 0.2) is 0 Å². The lowest BCUT2D eigenvalue weighted by Gasteiger charge is -2.31. The predicted octanol–water partition coefficient (Wildman–Crippen LogP) is 2.52. The Hall–Kier alpha value is -2.74. The molecular weight excluding hydrogens is 380 g/mol. The smallest absolute Gasteiger partial charge is 0.246 e. The number of hydrogen-bond acceptors (Lipinski definition) is 5. The highest BCUT2D eigenvalue weighted by Gasteiger charge is 2.31. The van der Waals surface area contributed by atoms with Crippen LogP contribution in [0.15, 0.2) is 48.5 Å². The Kier molecular flexibility index (Phi) is 6.90. The monoisotopic (exact) mass is 406 g/mol. The van der Waals surface area contributed by atoms with Gasteiger partial charge in [-0.15, -0.1) is 0 Å². The molecule has 0 aliphatic rings. The van der Waals surface area contributed by atoms with E-state index < -0.39 is 16.1 Å². The Morgan fingerprint density at radius 2 is 1.43 bits per heavy atom. The maximum absolute atomic E-state index is 12.9. The molecule has 0 saturated carbocycles. The number of hydrogen-bond donors (Lipinski definition) is 0. The molecule has 0 heterocycles. The molecule has 8 heteroatoms. The van der Waals surface area contributed by atoms with Gasteiger partial charge >= 0.3 is 0 Å². The van der Waals surface area contributed by atoms with Gasteiger partial charge in [0.05, 0.1) is 26.2 Å². The van der Waals surface area contributed by atoms with Crippen molar-refractivity contribution in [1.29, 1.82) is 0 Å². The first-order valence-electron chi connectivity index (χ1n) is 8.68. The highest BCUT2D eigenvalue weighted by molar-refractivity contribution is 7.92. The number of methoxy groups -OCH3 is 2. The molecule has 0 spiro atoms. The molecule has 1 amide bonds. The number of sulfonamides is 1. The lowest BCUT2D eigenvalue weighted by molar-refractivity contribution is -0.131. The van der Waals surface area contributed by atoms with Crippen molar-refractivity contribution in [1.82, 2.24) is 4.90 Å². The van der Waals surface area contributed by atoms with E-state index in [0.717, 1.165) is 21.9 Å². The van der Waals surface area contributed by atoms with Gasteiger partial charge in [0, 0.05) is 13.6 Å². The molecule has 2 aromatic rings. The summed E-state index contributed by atoms with van der Waals surface area (Å²) in [5.41, 5.74) is 1.32. The zero-order valence-corrected chi connectivity index (χ0v) is 17.6. The van der Waals surface area contributed by atoms with Crippen LogP contribution in [0.2, 0.25) is 0 Å². The molecule has 0 radical (unpaired) electrons. The Morgan fingerprint density at radius 3 is 1.86 bits per heavy atom. The number of anilines is 1. The second kappa shape index (κ2) is 8.97. The van der Waals surface area contributed by atoms with Crippen molar-refractivity contribution in [2.45, 2.75) is 19.5 Å². The second-order valence-corrected chi connectivity index (χ2v) is 8.33. The topological polar surface area (TPSA) is 76.2 Å². The fraction of sp³-hybridized carbons (Fsp3) is 0.350. The summed E-state index contributed by atoms with van der Waals surface area (Å²) in [6, 6.07) is 13.0. The van der Waals surface area contributed by atoms with E-state index in [1.807, 2.05) is 24.3 Å². The molecule has 0 fully saturated rings. The molecule has 28 heavy (non-hydrogen) atoms. The lowest BCUT2D eigenvalue weighted by atomic mass is 10.2. The summed E-state index contributed by atoms with van der Waals surface area (Å²) in [7, 11) is 1.10. The number of benzene rings is 2. The average molecular weight is 407 g/mol. The number of carbonyl (C=O) groups excluding carboxylic acids is 1. The van der Waals surface area contributed by atoms with Crippen molar-refractivity contribution in [3.05, 3.63) is 54.1 Å². The Labute approximate surface area is 166 Å². The van der Waals surface area contributed by atoms with E-state index in [-0.39, 0.29) is 5.91 Å². The van der Waals surface area contributed by atoms with Gasteiger partial charge in [0.2, 0.25) is 15.9 Å². The lowest BCUT2D eigenvalue weighted by Crippen LogP contribution is -2.48. The molecule has 2 rings (SSSR count). The first kappa shape index (κ1) is 21.6. The largest absolute Gasteiger partial charge is 0.497 e. The van der Waals surface area contributed by atoms with Crippen LogP contribution in [0, 0.1) is 0 Å². The molecule has 1 atom stereocenters. The van der Waals surface area contributed by atoms with Gasteiger partial charge in [0.25, 0.3) is 0 Å². The van der Waals surface area contributed by atoms with Crippen molar-refractivity contribution >= 4 is 21.6 Å². The Balaban J connectivity index is 2.21. The zero-order chi connectivity index (χ0) is 20.9. The van der Waals surface area contributed by atoms with E-state index in [0.29, 0.717) is 18.0 Å². The number of ether oxygens (including phenoxy) is 2. The van der Waals surface area contributed by atoms with Crippen molar-refractivity contribution in [2.75, 3.05) is 31.8 Å². The van der Waals surface area contributed by atoms with Gasteiger partial charge in [-0.1, -0.05) is 12.1 Å². The Bertz CT molecular complexity index is 895. The van der Waals surface area contributed by atoms with Gasteiger partial charge in [-0.05, 0) is 48.9 Å². The van der Waals surface area contributed by atoms with Crippen LogP contribution in [0.1, 0.15) is 12.5 Å². The molecule has 0 N–H and O–H groups in total. The van der Waals surface area contributed by atoms with Crippen LogP contribution in [-0.4, -0.2) is 52.8 Å². The van der Waals surface area contributed by atoms with Crippen LogP contribution in [0.25, 0.3) is 0 Å². The second-order valence-electron chi connectivity index (χ2n) is 6.48. The summed E-state index contributed by atoms with van der Waals surface area (Å²) in [5.74, 6) is 1.03. The minimum Gasteiger partial charge on any atom is -0.497 e. The van der Waals surface area contributed by atoms with E-state index in [1.165, 1.54) is 12.0 Å². The average Bonchev–Trinajstić information content (AvgIpc) is 2.67.